The fourth-order valence-corrected chi connectivity index (χ4v) is 9.85. The molecule has 0 bridgehead atoms. The molecule has 2 saturated heterocycles. The lowest BCUT2D eigenvalue weighted by atomic mass is 9.65. The number of allylic oxidation sites excluding steroid dienone is 4. The normalized spacial score (nSPS) is 45.2. The van der Waals surface area contributed by atoms with Crippen LogP contribution in [0.5, 0.6) is 0 Å². The minimum atomic E-state index is -0.380. The van der Waals surface area contributed by atoms with Crippen LogP contribution in [0.25, 0.3) is 0 Å². The molecule has 5 heteroatoms. The molecule has 39 heavy (non-hydrogen) atoms. The molecular weight excluding hydrogens is 484 g/mol. The molecule has 0 aromatic rings. The first-order valence-electron chi connectivity index (χ1n) is 16.7. The van der Waals surface area contributed by atoms with Crippen LogP contribution in [-0.2, 0) is 4.74 Å². The number of nitro groups is 1. The highest BCUT2D eigenvalue weighted by Gasteiger charge is 2.66. The molecule has 2 heterocycles. The molecule has 0 N–H and O–H groups in total. The van der Waals surface area contributed by atoms with Crippen molar-refractivity contribution in [3.8, 4) is 0 Å². The fourth-order valence-electron chi connectivity index (χ4n) is 9.85. The largest absolute Gasteiger partial charge is 0.357 e. The minimum absolute atomic E-state index is 0.0427. The lowest BCUT2D eigenvalue weighted by molar-refractivity contribution is -0.530. The molecule has 0 aromatic heterocycles. The van der Waals surface area contributed by atoms with E-state index in [-0.39, 0.29) is 28.2 Å². The number of nitrogens with zero attached hydrogens (tertiary/aromatic N) is 2. The summed E-state index contributed by atoms with van der Waals surface area (Å²) < 4.78 is 6.98. The van der Waals surface area contributed by atoms with Gasteiger partial charge in [0.1, 0.15) is 5.72 Å². The maximum absolute atomic E-state index is 11.5. The highest BCUT2D eigenvalue weighted by Crippen LogP contribution is 2.61. The average molecular weight is 539 g/mol. The van der Waals surface area contributed by atoms with E-state index in [0.29, 0.717) is 36.6 Å². The van der Waals surface area contributed by atoms with Crippen LogP contribution in [0.2, 0.25) is 0 Å². The van der Waals surface area contributed by atoms with Gasteiger partial charge < -0.3 is 4.74 Å². The zero-order chi connectivity index (χ0) is 27.2. The van der Waals surface area contributed by atoms with Gasteiger partial charge in [-0.25, -0.2) is 0 Å². The average Bonchev–Trinajstić information content (AvgIpc) is 3.11. The van der Waals surface area contributed by atoms with Gasteiger partial charge in [0.05, 0.1) is 6.10 Å². The molecule has 2 aliphatic heterocycles. The number of rotatable bonds is 5. The van der Waals surface area contributed by atoms with E-state index in [1.807, 2.05) is 0 Å². The molecule has 7 unspecified atom stereocenters. The second-order valence-corrected chi connectivity index (χ2v) is 15.1. The van der Waals surface area contributed by atoms with Crippen molar-refractivity contribution in [1.29, 1.82) is 0 Å². The van der Waals surface area contributed by atoms with Crippen LogP contribution in [0.4, 0.5) is 0 Å². The van der Waals surface area contributed by atoms with Gasteiger partial charge in [-0.3, -0.25) is 15.0 Å². The second kappa shape index (κ2) is 11.2. The Labute approximate surface area is 237 Å². The Morgan fingerprint density at radius 1 is 0.744 bits per heavy atom. The van der Waals surface area contributed by atoms with Crippen LogP contribution in [0.15, 0.2) is 24.3 Å². The van der Waals surface area contributed by atoms with Gasteiger partial charge in [0, 0.05) is 41.7 Å². The lowest BCUT2D eigenvalue weighted by Crippen LogP contribution is -2.63. The van der Waals surface area contributed by atoms with Gasteiger partial charge in [0.15, 0.2) is 0 Å². The molecule has 218 valence electrons. The summed E-state index contributed by atoms with van der Waals surface area (Å²) in [7, 11) is 0. The molecule has 4 saturated carbocycles. The summed E-state index contributed by atoms with van der Waals surface area (Å²) in [5.74, 6) is 4.05. The summed E-state index contributed by atoms with van der Waals surface area (Å²) in [5.41, 5.74) is -0.176. The standard InChI is InChI=1S/C34H54N2O3/c1-33(2)30-21-27(16-15-26-13-11-25(12-14-26)10-9-24-7-5-4-6-8-24)17-19-31(30)35-23-28-22-29(36(37)38)18-20-32(28)39-34(33,35)3/h9-10,15-16,24-32H,4-8,11-14,17-23H2,1-3H3/b10-9+,16-15+. The molecule has 5 nitrogen and oxygen atoms in total. The predicted octanol–water partition coefficient (Wildman–Crippen LogP) is 8.17. The van der Waals surface area contributed by atoms with Crippen molar-refractivity contribution in [1.82, 2.24) is 4.90 Å². The Balaban J connectivity index is 1.04. The first-order chi connectivity index (χ1) is 18.7. The third kappa shape index (κ3) is 5.41. The van der Waals surface area contributed by atoms with Crippen LogP contribution in [0, 0.1) is 51.0 Å². The first-order valence-corrected chi connectivity index (χ1v) is 16.7. The van der Waals surface area contributed by atoms with Crippen LogP contribution in [0.3, 0.4) is 0 Å². The summed E-state index contributed by atoms with van der Waals surface area (Å²) in [6, 6.07) is 0.174. The van der Waals surface area contributed by atoms with Gasteiger partial charge in [0.25, 0.3) is 0 Å². The summed E-state index contributed by atoms with van der Waals surface area (Å²) in [6.07, 6.45) is 29.1. The second-order valence-electron chi connectivity index (χ2n) is 15.1. The Morgan fingerprint density at radius 3 is 1.97 bits per heavy atom. The van der Waals surface area contributed by atoms with E-state index in [4.69, 9.17) is 4.74 Å². The van der Waals surface area contributed by atoms with E-state index in [9.17, 15) is 10.1 Å². The molecule has 0 aromatic carbocycles. The Morgan fingerprint density at radius 2 is 1.33 bits per heavy atom. The molecule has 0 spiro atoms. The highest BCUT2D eigenvalue weighted by molar-refractivity contribution is 5.14. The van der Waals surface area contributed by atoms with Crippen LogP contribution < -0.4 is 0 Å². The third-order valence-electron chi connectivity index (χ3n) is 12.7. The third-order valence-corrected chi connectivity index (χ3v) is 12.7. The van der Waals surface area contributed by atoms with E-state index < -0.39 is 0 Å². The number of hydrogen-bond acceptors (Lipinski definition) is 4. The van der Waals surface area contributed by atoms with Crippen LogP contribution in [0.1, 0.15) is 117 Å². The Hall–Kier alpha value is -1.20. The number of fused-ring (bicyclic) bond motifs is 4. The van der Waals surface area contributed by atoms with E-state index in [0.717, 1.165) is 30.7 Å². The Bertz CT molecular complexity index is 931. The van der Waals surface area contributed by atoms with Gasteiger partial charge in [-0.1, -0.05) is 57.4 Å². The van der Waals surface area contributed by atoms with E-state index in [1.54, 1.807) is 0 Å². The summed E-state index contributed by atoms with van der Waals surface area (Å²) in [6.45, 7) is 8.21. The summed E-state index contributed by atoms with van der Waals surface area (Å²) >= 11 is 0. The molecular formula is C34H54N2O3. The predicted molar refractivity (Wildman–Crippen MR) is 157 cm³/mol. The molecule has 6 rings (SSSR count). The summed E-state index contributed by atoms with van der Waals surface area (Å²) in [4.78, 5) is 14.1. The van der Waals surface area contributed by atoms with Crippen molar-refractivity contribution in [3.63, 3.8) is 0 Å². The van der Waals surface area contributed by atoms with Crippen molar-refractivity contribution in [2.45, 2.75) is 141 Å². The topological polar surface area (TPSA) is 55.6 Å². The highest BCUT2D eigenvalue weighted by atomic mass is 16.6. The SMILES string of the molecule is CC1(C)C2CC(/C=C/C3CCC(/C=C/C4CCCCC4)CC3)CCC2N2CC3CC([N+](=O)[O-])CCC3OC21C. The lowest BCUT2D eigenvalue weighted by Gasteiger charge is -2.54. The summed E-state index contributed by atoms with van der Waals surface area (Å²) in [5, 5.41) is 11.5. The number of hydrogen-bond donors (Lipinski definition) is 0. The van der Waals surface area contributed by atoms with Crippen LogP contribution >= 0.6 is 0 Å². The van der Waals surface area contributed by atoms with Crippen molar-refractivity contribution >= 4 is 0 Å². The molecule has 0 amide bonds. The molecule has 0 radical (unpaired) electrons. The smallest absolute Gasteiger partial charge is 0.213 e. The number of ether oxygens (including phenoxy) is 1. The quantitative estimate of drug-likeness (QED) is 0.201. The molecule has 7 atom stereocenters. The van der Waals surface area contributed by atoms with Crippen molar-refractivity contribution in [2.24, 2.45) is 40.9 Å². The first kappa shape index (κ1) is 27.9. The van der Waals surface area contributed by atoms with Gasteiger partial charge in [-0.2, -0.15) is 0 Å². The Kier molecular flexibility index (Phi) is 8.05. The minimum Gasteiger partial charge on any atom is -0.357 e. The van der Waals surface area contributed by atoms with Gasteiger partial charge >= 0.3 is 0 Å². The van der Waals surface area contributed by atoms with E-state index in [2.05, 4.69) is 50.0 Å². The van der Waals surface area contributed by atoms with Crippen molar-refractivity contribution in [3.05, 3.63) is 34.4 Å². The van der Waals surface area contributed by atoms with Crippen molar-refractivity contribution in [2.75, 3.05) is 6.54 Å². The van der Waals surface area contributed by atoms with Crippen molar-refractivity contribution < 1.29 is 9.66 Å². The maximum Gasteiger partial charge on any atom is 0.213 e. The van der Waals surface area contributed by atoms with E-state index >= 15 is 0 Å². The van der Waals surface area contributed by atoms with Gasteiger partial charge in [0.2, 0.25) is 6.04 Å². The zero-order valence-electron chi connectivity index (χ0n) is 24.9. The maximum atomic E-state index is 11.5. The molecule has 4 aliphatic carbocycles. The zero-order valence-corrected chi connectivity index (χ0v) is 24.9. The van der Waals surface area contributed by atoms with Gasteiger partial charge in [-0.15, -0.1) is 0 Å². The molecule has 6 aliphatic rings. The molecule has 6 fully saturated rings. The van der Waals surface area contributed by atoms with Gasteiger partial charge in [-0.05, 0) is 101 Å². The fraction of sp³-hybridized carbons (Fsp3) is 0.882. The van der Waals surface area contributed by atoms with E-state index in [1.165, 1.54) is 77.0 Å². The van der Waals surface area contributed by atoms with Crippen LogP contribution in [-0.4, -0.2) is 40.3 Å². The monoisotopic (exact) mass is 538 g/mol.